The van der Waals surface area contributed by atoms with Crippen LogP contribution in [0.3, 0.4) is 0 Å². The van der Waals surface area contributed by atoms with Crippen molar-refractivity contribution in [1.82, 2.24) is 15.2 Å². The predicted octanol–water partition coefficient (Wildman–Crippen LogP) is 1.06. The molecule has 5 heteroatoms. The summed E-state index contributed by atoms with van der Waals surface area (Å²) in [6.07, 6.45) is 4.95. The van der Waals surface area contributed by atoms with Crippen molar-refractivity contribution >= 4 is 0 Å². The minimum atomic E-state index is 0.395. The molecule has 0 amide bonds. The fraction of sp³-hybridized carbons (Fsp3) is 0.111. The molecule has 0 aromatic carbocycles. The monoisotopic (exact) mass is 190 g/mol. The zero-order valence-electron chi connectivity index (χ0n) is 7.47. The number of hydrogen-bond donors (Lipinski definition) is 2. The summed E-state index contributed by atoms with van der Waals surface area (Å²) in [4.78, 5) is 3.93. The van der Waals surface area contributed by atoms with Gasteiger partial charge >= 0.3 is 0 Å². The summed E-state index contributed by atoms with van der Waals surface area (Å²) in [6.45, 7) is 0.395. The van der Waals surface area contributed by atoms with Crippen molar-refractivity contribution in [1.29, 1.82) is 0 Å². The van der Waals surface area contributed by atoms with Crippen molar-refractivity contribution in [2.75, 3.05) is 0 Å². The molecule has 2 aromatic rings. The molecule has 5 nitrogen and oxygen atoms in total. The van der Waals surface area contributed by atoms with Gasteiger partial charge in [-0.3, -0.25) is 4.98 Å². The maximum absolute atomic E-state index is 5.49. The first-order chi connectivity index (χ1) is 6.90. The third-order valence-electron chi connectivity index (χ3n) is 1.75. The summed E-state index contributed by atoms with van der Waals surface area (Å²) in [5.41, 5.74) is 6.33. The number of nitrogens with one attached hydrogen (secondary N) is 1. The van der Waals surface area contributed by atoms with Gasteiger partial charge in [-0.15, -0.1) is 0 Å². The van der Waals surface area contributed by atoms with Gasteiger partial charge in [0.1, 0.15) is 5.75 Å². The smallest absolute Gasteiger partial charge is 0.219 e. The Balaban J connectivity index is 2.19. The van der Waals surface area contributed by atoms with Crippen molar-refractivity contribution < 1.29 is 4.74 Å². The summed E-state index contributed by atoms with van der Waals surface area (Å²) in [5.74, 6) is 1.23. The average Bonchev–Trinajstić information content (AvgIpc) is 2.67. The lowest BCUT2D eigenvalue weighted by atomic mass is 10.3. The van der Waals surface area contributed by atoms with Crippen LogP contribution in [0.4, 0.5) is 0 Å². The molecule has 2 heterocycles. The lowest BCUT2D eigenvalue weighted by molar-refractivity contribution is 0.454. The molecule has 0 aliphatic heterocycles. The van der Waals surface area contributed by atoms with Gasteiger partial charge in [0.2, 0.25) is 5.88 Å². The molecule has 2 aromatic heterocycles. The molecule has 0 radical (unpaired) electrons. The van der Waals surface area contributed by atoms with E-state index in [1.54, 1.807) is 24.7 Å². The van der Waals surface area contributed by atoms with Gasteiger partial charge in [0.15, 0.2) is 0 Å². The van der Waals surface area contributed by atoms with E-state index in [0.717, 1.165) is 5.56 Å². The van der Waals surface area contributed by atoms with Crippen LogP contribution >= 0.6 is 0 Å². The highest BCUT2D eigenvalue weighted by Crippen LogP contribution is 2.20. The maximum atomic E-state index is 5.49. The summed E-state index contributed by atoms with van der Waals surface area (Å²) in [7, 11) is 0. The first-order valence-corrected chi connectivity index (χ1v) is 4.20. The predicted molar refractivity (Wildman–Crippen MR) is 50.8 cm³/mol. The second-order valence-corrected chi connectivity index (χ2v) is 2.72. The van der Waals surface area contributed by atoms with Crippen LogP contribution in [-0.2, 0) is 6.54 Å². The van der Waals surface area contributed by atoms with Crippen molar-refractivity contribution in [3.8, 4) is 11.6 Å². The van der Waals surface area contributed by atoms with E-state index >= 15 is 0 Å². The highest BCUT2D eigenvalue weighted by atomic mass is 16.5. The average molecular weight is 190 g/mol. The van der Waals surface area contributed by atoms with Crippen molar-refractivity contribution in [3.05, 3.63) is 36.3 Å². The Kier molecular flexibility index (Phi) is 2.42. The summed E-state index contributed by atoms with van der Waals surface area (Å²) < 4.78 is 5.48. The van der Waals surface area contributed by atoms with Crippen LogP contribution in [0.25, 0.3) is 0 Å². The molecule has 0 aliphatic rings. The maximum Gasteiger partial charge on any atom is 0.219 e. The van der Waals surface area contributed by atoms with Crippen molar-refractivity contribution in [3.63, 3.8) is 0 Å². The largest absolute Gasteiger partial charge is 0.438 e. The Hall–Kier alpha value is -1.88. The lowest BCUT2D eigenvalue weighted by Crippen LogP contribution is -1.97. The van der Waals surface area contributed by atoms with E-state index in [0.29, 0.717) is 18.2 Å². The Morgan fingerprint density at radius 1 is 1.43 bits per heavy atom. The lowest BCUT2D eigenvalue weighted by Gasteiger charge is -2.02. The number of H-pyrrole nitrogens is 1. The summed E-state index contributed by atoms with van der Waals surface area (Å²) >= 11 is 0. The third kappa shape index (κ3) is 1.72. The molecule has 14 heavy (non-hydrogen) atoms. The van der Waals surface area contributed by atoms with Gasteiger partial charge in [0.25, 0.3) is 0 Å². The number of ether oxygens (including phenoxy) is 1. The van der Waals surface area contributed by atoms with Crippen LogP contribution in [-0.4, -0.2) is 15.2 Å². The number of nitrogens with zero attached hydrogens (tertiary/aromatic N) is 2. The molecule has 3 N–H and O–H groups in total. The van der Waals surface area contributed by atoms with Gasteiger partial charge in [0.05, 0.1) is 12.4 Å². The third-order valence-corrected chi connectivity index (χ3v) is 1.75. The summed E-state index contributed by atoms with van der Waals surface area (Å²) in [5, 5.41) is 6.56. The Morgan fingerprint density at radius 2 is 2.36 bits per heavy atom. The SMILES string of the molecule is NCc1cn[nH]c1Oc1cccnc1. The second-order valence-electron chi connectivity index (χ2n) is 2.72. The van der Waals surface area contributed by atoms with E-state index < -0.39 is 0 Å². The molecule has 0 bridgehead atoms. The Bertz CT molecular complexity index is 398. The van der Waals surface area contributed by atoms with Crippen LogP contribution in [0, 0.1) is 0 Å². The second kappa shape index (κ2) is 3.89. The molecule has 0 atom stereocenters. The number of aromatic nitrogens is 3. The van der Waals surface area contributed by atoms with E-state index in [1.165, 1.54) is 0 Å². The van der Waals surface area contributed by atoms with E-state index in [-0.39, 0.29) is 0 Å². The minimum absolute atomic E-state index is 0.395. The van der Waals surface area contributed by atoms with Crippen molar-refractivity contribution in [2.45, 2.75) is 6.54 Å². The molecule has 0 unspecified atom stereocenters. The standard InChI is InChI=1S/C9H10N4O/c10-4-7-5-12-13-9(7)14-8-2-1-3-11-6-8/h1-3,5-6H,4,10H2,(H,12,13). The van der Waals surface area contributed by atoms with Crippen LogP contribution < -0.4 is 10.5 Å². The Morgan fingerprint density at radius 3 is 3.07 bits per heavy atom. The Labute approximate surface area is 80.9 Å². The van der Waals surface area contributed by atoms with E-state index in [9.17, 15) is 0 Å². The van der Waals surface area contributed by atoms with Crippen LogP contribution in [0.1, 0.15) is 5.56 Å². The van der Waals surface area contributed by atoms with Gasteiger partial charge in [-0.25, -0.2) is 5.10 Å². The molecule has 0 aliphatic carbocycles. The van der Waals surface area contributed by atoms with Crippen LogP contribution in [0.2, 0.25) is 0 Å². The molecule has 2 rings (SSSR count). The number of rotatable bonds is 3. The fourth-order valence-corrected chi connectivity index (χ4v) is 1.06. The fourth-order valence-electron chi connectivity index (χ4n) is 1.06. The van der Waals surface area contributed by atoms with E-state index in [1.807, 2.05) is 6.07 Å². The molecule has 0 fully saturated rings. The molecular weight excluding hydrogens is 180 g/mol. The van der Waals surface area contributed by atoms with Gasteiger partial charge in [-0.1, -0.05) is 0 Å². The van der Waals surface area contributed by atoms with Gasteiger partial charge in [-0.05, 0) is 12.1 Å². The normalized spacial score (nSPS) is 10.1. The first-order valence-electron chi connectivity index (χ1n) is 4.20. The number of aromatic amines is 1. The first kappa shape index (κ1) is 8.71. The minimum Gasteiger partial charge on any atom is -0.438 e. The number of hydrogen-bond acceptors (Lipinski definition) is 4. The topological polar surface area (TPSA) is 76.8 Å². The van der Waals surface area contributed by atoms with Gasteiger partial charge in [0, 0.05) is 18.3 Å². The highest BCUT2D eigenvalue weighted by molar-refractivity contribution is 5.28. The van der Waals surface area contributed by atoms with Gasteiger partial charge < -0.3 is 10.5 Å². The number of pyridine rings is 1. The summed E-state index contributed by atoms with van der Waals surface area (Å²) in [6, 6.07) is 3.61. The quantitative estimate of drug-likeness (QED) is 0.758. The van der Waals surface area contributed by atoms with Crippen LogP contribution in [0.15, 0.2) is 30.7 Å². The van der Waals surface area contributed by atoms with Crippen molar-refractivity contribution in [2.24, 2.45) is 5.73 Å². The molecular formula is C9H10N4O. The van der Waals surface area contributed by atoms with Gasteiger partial charge in [-0.2, -0.15) is 5.10 Å². The molecule has 0 spiro atoms. The zero-order valence-corrected chi connectivity index (χ0v) is 7.47. The molecule has 0 saturated carbocycles. The molecule has 0 saturated heterocycles. The molecule has 72 valence electrons. The highest BCUT2D eigenvalue weighted by Gasteiger charge is 2.04. The van der Waals surface area contributed by atoms with E-state index in [4.69, 9.17) is 10.5 Å². The van der Waals surface area contributed by atoms with Crippen LogP contribution in [0.5, 0.6) is 11.6 Å². The number of nitrogens with two attached hydrogens (primary N) is 1. The zero-order chi connectivity index (χ0) is 9.80. The van der Waals surface area contributed by atoms with E-state index in [2.05, 4.69) is 15.2 Å².